The standard InChI is InChI=1S/C11H12F2N2O2/c1-2-6(5-16)15-10-8(14-11(15)17)4-3-7(12)9(10)13/h3-4,6,16H,2,5H2,1H3,(H,14,17). The highest BCUT2D eigenvalue weighted by molar-refractivity contribution is 5.76. The van der Waals surface area contributed by atoms with Crippen molar-refractivity contribution in [2.24, 2.45) is 0 Å². The van der Waals surface area contributed by atoms with Crippen molar-refractivity contribution < 1.29 is 13.9 Å². The van der Waals surface area contributed by atoms with Crippen molar-refractivity contribution in [1.29, 1.82) is 0 Å². The van der Waals surface area contributed by atoms with Gasteiger partial charge in [-0.05, 0) is 18.6 Å². The van der Waals surface area contributed by atoms with Crippen LogP contribution in [0.1, 0.15) is 19.4 Å². The lowest BCUT2D eigenvalue weighted by atomic mass is 10.2. The van der Waals surface area contributed by atoms with E-state index in [2.05, 4.69) is 4.98 Å². The molecule has 0 radical (unpaired) electrons. The Bertz CT molecular complexity index is 599. The van der Waals surface area contributed by atoms with E-state index in [1.807, 2.05) is 0 Å². The summed E-state index contributed by atoms with van der Waals surface area (Å²) in [5.74, 6) is -2.09. The smallest absolute Gasteiger partial charge is 0.326 e. The maximum atomic E-state index is 13.7. The number of aliphatic hydroxyl groups excluding tert-OH is 1. The van der Waals surface area contributed by atoms with Crippen molar-refractivity contribution in [3.05, 3.63) is 34.3 Å². The molecule has 2 rings (SSSR count). The Morgan fingerprint density at radius 3 is 2.76 bits per heavy atom. The van der Waals surface area contributed by atoms with Crippen LogP contribution in [-0.4, -0.2) is 21.3 Å². The molecule has 1 heterocycles. The Labute approximate surface area is 95.5 Å². The third kappa shape index (κ3) is 1.74. The van der Waals surface area contributed by atoms with Crippen molar-refractivity contribution in [3.63, 3.8) is 0 Å². The van der Waals surface area contributed by atoms with Crippen LogP contribution in [0.2, 0.25) is 0 Å². The molecular formula is C11H12F2N2O2. The molecule has 0 saturated carbocycles. The summed E-state index contributed by atoms with van der Waals surface area (Å²) in [7, 11) is 0. The monoisotopic (exact) mass is 242 g/mol. The lowest BCUT2D eigenvalue weighted by molar-refractivity contribution is 0.224. The van der Waals surface area contributed by atoms with Crippen molar-refractivity contribution >= 4 is 11.0 Å². The normalized spacial score (nSPS) is 13.2. The highest BCUT2D eigenvalue weighted by Gasteiger charge is 2.19. The summed E-state index contributed by atoms with van der Waals surface area (Å²) in [4.78, 5) is 14.1. The van der Waals surface area contributed by atoms with Gasteiger partial charge in [0.2, 0.25) is 0 Å². The van der Waals surface area contributed by atoms with Crippen molar-refractivity contribution in [2.45, 2.75) is 19.4 Å². The molecule has 0 aliphatic rings. The van der Waals surface area contributed by atoms with E-state index in [4.69, 9.17) is 5.11 Å². The van der Waals surface area contributed by atoms with E-state index in [1.54, 1.807) is 6.92 Å². The number of nitrogens with zero attached hydrogens (tertiary/aromatic N) is 1. The van der Waals surface area contributed by atoms with Crippen LogP contribution in [0.15, 0.2) is 16.9 Å². The lowest BCUT2D eigenvalue weighted by Crippen LogP contribution is -2.24. The fourth-order valence-corrected chi connectivity index (χ4v) is 1.90. The van der Waals surface area contributed by atoms with Gasteiger partial charge >= 0.3 is 5.69 Å². The Morgan fingerprint density at radius 1 is 1.47 bits per heavy atom. The molecule has 0 amide bonds. The molecule has 1 unspecified atom stereocenters. The third-order valence-corrected chi connectivity index (χ3v) is 2.82. The summed E-state index contributed by atoms with van der Waals surface area (Å²) in [5.41, 5.74) is -0.456. The number of rotatable bonds is 3. The van der Waals surface area contributed by atoms with Gasteiger partial charge < -0.3 is 10.1 Å². The number of hydrogen-bond acceptors (Lipinski definition) is 2. The number of hydrogen-bond donors (Lipinski definition) is 2. The molecule has 0 spiro atoms. The summed E-state index contributed by atoms with van der Waals surface area (Å²) in [5, 5.41) is 9.15. The van der Waals surface area contributed by atoms with Crippen molar-refractivity contribution in [2.75, 3.05) is 6.61 Å². The van der Waals surface area contributed by atoms with Gasteiger partial charge in [0.1, 0.15) is 5.52 Å². The second-order valence-corrected chi connectivity index (χ2v) is 3.80. The minimum absolute atomic E-state index is 0.129. The molecule has 1 aromatic heterocycles. The van der Waals surface area contributed by atoms with Crippen LogP contribution in [0.4, 0.5) is 8.78 Å². The summed E-state index contributed by atoms with van der Waals surface area (Å²) >= 11 is 0. The predicted molar refractivity (Wildman–Crippen MR) is 58.9 cm³/mol. The minimum atomic E-state index is -1.08. The van der Waals surface area contributed by atoms with E-state index >= 15 is 0 Å². The summed E-state index contributed by atoms with van der Waals surface area (Å²) < 4.78 is 27.9. The van der Waals surface area contributed by atoms with E-state index in [0.717, 1.165) is 10.6 Å². The van der Waals surface area contributed by atoms with Gasteiger partial charge in [0.05, 0.1) is 18.2 Å². The number of benzene rings is 1. The molecule has 0 fully saturated rings. The maximum Gasteiger partial charge on any atom is 0.326 e. The molecule has 0 aliphatic heterocycles. The first-order valence-corrected chi connectivity index (χ1v) is 5.29. The first-order valence-electron chi connectivity index (χ1n) is 5.29. The Morgan fingerprint density at radius 2 is 2.18 bits per heavy atom. The van der Waals surface area contributed by atoms with E-state index in [-0.39, 0.29) is 17.6 Å². The lowest BCUT2D eigenvalue weighted by Gasteiger charge is -2.13. The molecule has 0 bridgehead atoms. The number of aromatic nitrogens is 2. The number of fused-ring (bicyclic) bond motifs is 1. The highest BCUT2D eigenvalue weighted by atomic mass is 19.2. The van der Waals surface area contributed by atoms with E-state index in [1.165, 1.54) is 6.07 Å². The first-order chi connectivity index (χ1) is 8.10. The van der Waals surface area contributed by atoms with Gasteiger partial charge in [-0.25, -0.2) is 13.6 Å². The van der Waals surface area contributed by atoms with Gasteiger partial charge in [0.15, 0.2) is 11.6 Å². The second-order valence-electron chi connectivity index (χ2n) is 3.80. The van der Waals surface area contributed by atoms with Crippen LogP contribution in [0, 0.1) is 11.6 Å². The Kier molecular flexibility index (Phi) is 2.97. The molecule has 2 N–H and O–H groups in total. The highest BCUT2D eigenvalue weighted by Crippen LogP contribution is 2.21. The number of halogens is 2. The van der Waals surface area contributed by atoms with E-state index in [0.29, 0.717) is 6.42 Å². The van der Waals surface area contributed by atoms with E-state index in [9.17, 15) is 13.6 Å². The van der Waals surface area contributed by atoms with Gasteiger partial charge in [0, 0.05) is 0 Å². The second kappa shape index (κ2) is 4.29. The molecule has 17 heavy (non-hydrogen) atoms. The average Bonchev–Trinajstić information content (AvgIpc) is 2.64. The molecule has 4 nitrogen and oxygen atoms in total. The average molecular weight is 242 g/mol. The number of H-pyrrole nitrogens is 1. The van der Waals surface area contributed by atoms with Crippen LogP contribution in [0.5, 0.6) is 0 Å². The zero-order chi connectivity index (χ0) is 12.6. The van der Waals surface area contributed by atoms with Crippen molar-refractivity contribution in [1.82, 2.24) is 9.55 Å². The van der Waals surface area contributed by atoms with Gasteiger partial charge in [-0.2, -0.15) is 0 Å². The van der Waals surface area contributed by atoms with Crippen LogP contribution >= 0.6 is 0 Å². The summed E-state index contributed by atoms with van der Waals surface area (Å²) in [6.07, 6.45) is 0.444. The summed E-state index contributed by atoms with van der Waals surface area (Å²) in [6.45, 7) is 1.45. The molecule has 92 valence electrons. The van der Waals surface area contributed by atoms with Crippen LogP contribution in [0.3, 0.4) is 0 Å². The quantitative estimate of drug-likeness (QED) is 0.858. The third-order valence-electron chi connectivity index (χ3n) is 2.82. The number of aliphatic hydroxyl groups is 1. The van der Waals surface area contributed by atoms with Crippen molar-refractivity contribution in [3.8, 4) is 0 Å². The fourth-order valence-electron chi connectivity index (χ4n) is 1.90. The number of imidazole rings is 1. The van der Waals surface area contributed by atoms with Gasteiger partial charge in [0.25, 0.3) is 0 Å². The Hall–Kier alpha value is -1.69. The first kappa shape index (κ1) is 11.8. The predicted octanol–water partition coefficient (Wildman–Crippen LogP) is 1.55. The fraction of sp³-hybridized carbons (Fsp3) is 0.364. The zero-order valence-corrected chi connectivity index (χ0v) is 9.20. The molecule has 0 aliphatic carbocycles. The largest absolute Gasteiger partial charge is 0.394 e. The van der Waals surface area contributed by atoms with Crippen LogP contribution in [0.25, 0.3) is 11.0 Å². The van der Waals surface area contributed by atoms with Gasteiger partial charge in [-0.1, -0.05) is 6.92 Å². The minimum Gasteiger partial charge on any atom is -0.394 e. The van der Waals surface area contributed by atoms with E-state index < -0.39 is 23.4 Å². The number of aromatic amines is 1. The SMILES string of the molecule is CCC(CO)n1c(=O)[nH]c2ccc(F)c(F)c21. The molecule has 1 aromatic carbocycles. The maximum absolute atomic E-state index is 13.7. The molecule has 2 aromatic rings. The van der Waals surface area contributed by atoms with Crippen LogP contribution < -0.4 is 5.69 Å². The molecular weight excluding hydrogens is 230 g/mol. The molecule has 1 atom stereocenters. The topological polar surface area (TPSA) is 58.0 Å². The summed E-state index contributed by atoms with van der Waals surface area (Å²) in [6, 6.07) is 1.70. The van der Waals surface area contributed by atoms with Gasteiger partial charge in [-0.15, -0.1) is 0 Å². The Balaban J connectivity index is 2.82. The molecule has 0 saturated heterocycles. The van der Waals surface area contributed by atoms with Crippen LogP contribution in [-0.2, 0) is 0 Å². The zero-order valence-electron chi connectivity index (χ0n) is 9.20. The number of nitrogens with one attached hydrogen (secondary N) is 1. The molecule has 6 heteroatoms. The van der Waals surface area contributed by atoms with Gasteiger partial charge in [-0.3, -0.25) is 4.57 Å².